The van der Waals surface area contributed by atoms with Crippen LogP contribution in [0.2, 0.25) is 0 Å². The molecule has 0 aliphatic rings. The number of benzene rings is 2. The van der Waals surface area contributed by atoms with E-state index in [-0.39, 0.29) is 5.92 Å². The van der Waals surface area contributed by atoms with Gasteiger partial charge in [-0.2, -0.15) is 0 Å². The number of nitrogens with zero attached hydrogens (tertiary/aromatic N) is 1. The van der Waals surface area contributed by atoms with Crippen molar-refractivity contribution in [3.63, 3.8) is 0 Å². The van der Waals surface area contributed by atoms with Gasteiger partial charge in [-0.25, -0.2) is 0 Å². The third kappa shape index (κ3) is 6.79. The van der Waals surface area contributed by atoms with E-state index in [2.05, 4.69) is 29.3 Å². The Balaban J connectivity index is 1.93. The van der Waals surface area contributed by atoms with Crippen molar-refractivity contribution in [2.24, 2.45) is 5.92 Å². The second-order valence-electron chi connectivity index (χ2n) is 7.00. The van der Waals surface area contributed by atoms with Crippen LogP contribution in [0.5, 0.6) is 5.75 Å². The van der Waals surface area contributed by atoms with Crippen molar-refractivity contribution < 1.29 is 9.84 Å². The van der Waals surface area contributed by atoms with Crippen LogP contribution in [0.1, 0.15) is 30.6 Å². The molecule has 2 aromatic carbocycles. The maximum Gasteiger partial charge on any atom is 0.119 e. The molecule has 0 spiro atoms. The highest BCUT2D eigenvalue weighted by atomic mass is 16.5. The van der Waals surface area contributed by atoms with Gasteiger partial charge in [-0.05, 0) is 43.8 Å². The van der Waals surface area contributed by atoms with Crippen molar-refractivity contribution in [2.75, 3.05) is 33.8 Å². The lowest BCUT2D eigenvalue weighted by atomic mass is 9.95. The Morgan fingerprint density at radius 3 is 2.54 bits per heavy atom. The molecule has 2 rings (SSSR count). The van der Waals surface area contributed by atoms with Gasteiger partial charge in [0, 0.05) is 25.6 Å². The van der Waals surface area contributed by atoms with Crippen LogP contribution < -0.4 is 10.1 Å². The third-order valence-corrected chi connectivity index (χ3v) is 4.29. The van der Waals surface area contributed by atoms with E-state index < -0.39 is 6.10 Å². The predicted octanol–water partition coefficient (Wildman–Crippen LogP) is 3.48. The Morgan fingerprint density at radius 1 is 1.08 bits per heavy atom. The molecule has 2 atom stereocenters. The molecule has 0 bridgehead atoms. The molecule has 0 aliphatic carbocycles. The molecule has 0 unspecified atom stereocenters. The average molecular weight is 357 g/mol. The van der Waals surface area contributed by atoms with E-state index in [1.54, 1.807) is 0 Å². The van der Waals surface area contributed by atoms with Gasteiger partial charge in [0.15, 0.2) is 0 Å². The molecule has 0 aliphatic heterocycles. The van der Waals surface area contributed by atoms with Crippen LogP contribution in [0.25, 0.3) is 0 Å². The van der Waals surface area contributed by atoms with E-state index in [0.29, 0.717) is 0 Å². The lowest BCUT2D eigenvalue weighted by Crippen LogP contribution is -2.34. The highest BCUT2D eigenvalue weighted by Gasteiger charge is 2.21. The Hall–Kier alpha value is -1.88. The summed E-state index contributed by atoms with van der Waals surface area (Å²) in [6.07, 6.45) is 0.525. The summed E-state index contributed by atoms with van der Waals surface area (Å²) in [5.74, 6) is 1.03. The minimum Gasteiger partial charge on any atom is -0.494 e. The molecule has 4 heteroatoms. The maximum atomic E-state index is 10.8. The molecule has 0 heterocycles. The van der Waals surface area contributed by atoms with E-state index in [4.69, 9.17) is 4.74 Å². The summed E-state index contributed by atoms with van der Waals surface area (Å²) in [6.45, 7) is 5.17. The van der Waals surface area contributed by atoms with Crippen LogP contribution in [0.4, 0.5) is 0 Å². The summed E-state index contributed by atoms with van der Waals surface area (Å²) in [6, 6.07) is 18.1. The topological polar surface area (TPSA) is 44.7 Å². The fourth-order valence-electron chi connectivity index (χ4n) is 3.03. The van der Waals surface area contributed by atoms with E-state index in [1.165, 1.54) is 5.56 Å². The lowest BCUT2D eigenvalue weighted by Gasteiger charge is -2.26. The summed E-state index contributed by atoms with van der Waals surface area (Å²) in [5, 5.41) is 14.3. The number of aliphatic hydroxyl groups is 1. The van der Waals surface area contributed by atoms with E-state index in [0.717, 1.165) is 44.0 Å². The second kappa shape index (κ2) is 11.0. The predicted molar refractivity (Wildman–Crippen MR) is 107 cm³/mol. The van der Waals surface area contributed by atoms with Crippen LogP contribution in [0, 0.1) is 5.92 Å². The number of rotatable bonds is 11. The third-order valence-electron chi connectivity index (χ3n) is 4.29. The molecule has 2 N–H and O–H groups in total. The quantitative estimate of drug-likeness (QED) is 0.647. The van der Waals surface area contributed by atoms with Gasteiger partial charge in [-0.3, -0.25) is 0 Å². The molecule has 0 fully saturated rings. The van der Waals surface area contributed by atoms with Crippen LogP contribution >= 0.6 is 0 Å². The van der Waals surface area contributed by atoms with Gasteiger partial charge in [0.2, 0.25) is 0 Å². The van der Waals surface area contributed by atoms with Crippen molar-refractivity contribution in [3.05, 3.63) is 65.7 Å². The number of hydrogen-bond donors (Lipinski definition) is 2. The van der Waals surface area contributed by atoms with Crippen molar-refractivity contribution >= 4 is 0 Å². The summed E-state index contributed by atoms with van der Waals surface area (Å²) in [7, 11) is 4.08. The average Bonchev–Trinajstić information content (AvgIpc) is 2.66. The highest BCUT2D eigenvalue weighted by Crippen LogP contribution is 2.22. The van der Waals surface area contributed by atoms with Crippen molar-refractivity contribution in [3.8, 4) is 5.75 Å². The molecule has 0 saturated carbocycles. The van der Waals surface area contributed by atoms with Crippen LogP contribution in [-0.4, -0.2) is 43.8 Å². The lowest BCUT2D eigenvalue weighted by molar-refractivity contribution is 0.0894. The molecule has 2 aromatic rings. The van der Waals surface area contributed by atoms with E-state index in [9.17, 15) is 5.11 Å². The molecule has 4 nitrogen and oxygen atoms in total. The SMILES string of the molecule is CCCOc1cccc(CNC[C@H](CN(C)C)[C@H](O)c2ccccc2)c1. The zero-order chi connectivity index (χ0) is 18.8. The Kier molecular flexibility index (Phi) is 8.62. The van der Waals surface area contributed by atoms with Gasteiger partial charge in [0.25, 0.3) is 0 Å². The van der Waals surface area contributed by atoms with Gasteiger partial charge in [0.1, 0.15) is 5.75 Å². The molecule has 142 valence electrons. The first-order valence-electron chi connectivity index (χ1n) is 9.40. The van der Waals surface area contributed by atoms with Crippen LogP contribution in [-0.2, 0) is 6.54 Å². The van der Waals surface area contributed by atoms with E-state index in [1.807, 2.05) is 56.6 Å². The van der Waals surface area contributed by atoms with Gasteiger partial charge >= 0.3 is 0 Å². The maximum absolute atomic E-state index is 10.8. The fourth-order valence-corrected chi connectivity index (χ4v) is 3.03. The van der Waals surface area contributed by atoms with Crippen molar-refractivity contribution in [1.82, 2.24) is 10.2 Å². The Morgan fingerprint density at radius 2 is 1.85 bits per heavy atom. The van der Waals surface area contributed by atoms with Crippen molar-refractivity contribution in [2.45, 2.75) is 26.0 Å². The van der Waals surface area contributed by atoms with Gasteiger partial charge < -0.3 is 20.1 Å². The molecular weight excluding hydrogens is 324 g/mol. The molecular formula is C22H32N2O2. The highest BCUT2D eigenvalue weighted by molar-refractivity contribution is 5.28. The minimum atomic E-state index is -0.481. The molecule has 0 amide bonds. The first-order chi connectivity index (χ1) is 12.6. The van der Waals surface area contributed by atoms with Crippen LogP contribution in [0.15, 0.2) is 54.6 Å². The van der Waals surface area contributed by atoms with Gasteiger partial charge in [-0.15, -0.1) is 0 Å². The second-order valence-corrected chi connectivity index (χ2v) is 7.00. The summed E-state index contributed by atoms with van der Waals surface area (Å²) < 4.78 is 5.70. The number of aliphatic hydroxyl groups excluding tert-OH is 1. The van der Waals surface area contributed by atoms with Crippen LogP contribution in [0.3, 0.4) is 0 Å². The zero-order valence-corrected chi connectivity index (χ0v) is 16.2. The largest absolute Gasteiger partial charge is 0.494 e. The Labute approximate surface area is 157 Å². The summed E-state index contributed by atoms with van der Waals surface area (Å²) in [4.78, 5) is 2.12. The standard InChI is InChI=1S/C22H32N2O2/c1-4-13-26-21-12-8-9-18(14-21)15-23-16-20(17-24(2)3)22(25)19-10-6-5-7-11-19/h5-12,14,20,22-23,25H,4,13,15-17H2,1-3H3/t20-,22-/m1/s1. The normalized spacial score (nSPS) is 13.6. The zero-order valence-electron chi connectivity index (χ0n) is 16.2. The molecule has 0 radical (unpaired) electrons. The number of ether oxygens (including phenoxy) is 1. The number of nitrogens with one attached hydrogen (secondary N) is 1. The van der Waals surface area contributed by atoms with Gasteiger partial charge in [0.05, 0.1) is 12.7 Å². The monoisotopic (exact) mass is 356 g/mol. The summed E-state index contributed by atoms with van der Waals surface area (Å²) >= 11 is 0. The molecule has 0 aromatic heterocycles. The van der Waals surface area contributed by atoms with Gasteiger partial charge in [-0.1, -0.05) is 49.4 Å². The Bertz CT molecular complexity index is 631. The molecule has 0 saturated heterocycles. The number of hydrogen-bond acceptors (Lipinski definition) is 4. The van der Waals surface area contributed by atoms with Crippen molar-refractivity contribution in [1.29, 1.82) is 0 Å². The minimum absolute atomic E-state index is 0.118. The summed E-state index contributed by atoms with van der Waals surface area (Å²) in [5.41, 5.74) is 2.16. The molecule has 26 heavy (non-hydrogen) atoms. The first-order valence-corrected chi connectivity index (χ1v) is 9.40. The van der Waals surface area contributed by atoms with E-state index >= 15 is 0 Å². The first kappa shape index (κ1) is 20.4. The smallest absolute Gasteiger partial charge is 0.119 e. The fraction of sp³-hybridized carbons (Fsp3) is 0.455.